The van der Waals surface area contributed by atoms with Crippen LogP contribution < -0.4 is 0 Å². The molecule has 4 nitrogen and oxygen atoms in total. The van der Waals surface area contributed by atoms with Gasteiger partial charge in [0.05, 0.1) is 12.1 Å². The Labute approximate surface area is 101 Å². The molecule has 0 aromatic heterocycles. The first-order valence-electron chi connectivity index (χ1n) is 5.18. The summed E-state index contributed by atoms with van der Waals surface area (Å²) < 4.78 is 37.0. The number of hydrogen-bond acceptors (Lipinski definition) is 3. The Morgan fingerprint density at radius 2 is 1.94 bits per heavy atom. The lowest BCUT2D eigenvalue weighted by molar-refractivity contribution is -0.137. The second-order valence-corrected chi connectivity index (χ2v) is 3.89. The van der Waals surface area contributed by atoms with Crippen molar-refractivity contribution < 1.29 is 27.9 Å². The van der Waals surface area contributed by atoms with E-state index in [2.05, 4.69) is 0 Å². The lowest BCUT2D eigenvalue weighted by Crippen LogP contribution is -2.28. The molecule has 2 rings (SSSR count). The molecule has 1 fully saturated rings. The predicted molar refractivity (Wildman–Crippen MR) is 54.4 cm³/mol. The van der Waals surface area contributed by atoms with Crippen LogP contribution in [0.3, 0.4) is 0 Å². The first-order chi connectivity index (χ1) is 8.38. The van der Waals surface area contributed by atoms with Crippen molar-refractivity contribution in [3.63, 3.8) is 0 Å². The van der Waals surface area contributed by atoms with Crippen molar-refractivity contribution in [2.24, 2.45) is 0 Å². The number of halogens is 3. The highest BCUT2D eigenvalue weighted by Gasteiger charge is 2.31. The summed E-state index contributed by atoms with van der Waals surface area (Å²) >= 11 is 0. The maximum atomic E-state index is 12.3. The number of carbonyl (C=O) groups is 1. The molecule has 1 aromatic carbocycles. The second kappa shape index (κ2) is 4.58. The highest BCUT2D eigenvalue weighted by molar-refractivity contribution is 5.93. The molecule has 1 atom stereocenters. The summed E-state index contributed by atoms with van der Waals surface area (Å²) in [5.41, 5.74) is -0.737. The van der Waals surface area contributed by atoms with Gasteiger partial charge in [-0.15, -0.1) is 0 Å². The van der Waals surface area contributed by atoms with Gasteiger partial charge in [0.25, 0.3) is 5.91 Å². The Balaban J connectivity index is 2.12. The summed E-state index contributed by atoms with van der Waals surface area (Å²) in [5, 5.41) is 10.1. The third kappa shape index (κ3) is 2.62. The van der Waals surface area contributed by atoms with E-state index in [-0.39, 0.29) is 18.7 Å². The largest absolute Gasteiger partial charge is 0.416 e. The highest BCUT2D eigenvalue weighted by Crippen LogP contribution is 2.29. The van der Waals surface area contributed by atoms with Crippen LogP contribution in [0.15, 0.2) is 24.3 Å². The van der Waals surface area contributed by atoms with Crippen LogP contribution in [0, 0.1) is 0 Å². The third-order valence-corrected chi connectivity index (χ3v) is 2.49. The summed E-state index contributed by atoms with van der Waals surface area (Å²) in [6, 6.07) is 3.83. The number of aliphatic hydroxyl groups excluding tert-OH is 1. The molecule has 18 heavy (non-hydrogen) atoms. The highest BCUT2D eigenvalue weighted by atomic mass is 19.4. The van der Waals surface area contributed by atoms with Gasteiger partial charge in [0.2, 0.25) is 0 Å². The van der Waals surface area contributed by atoms with E-state index < -0.39 is 23.8 Å². The van der Waals surface area contributed by atoms with E-state index in [0.717, 1.165) is 29.3 Å². The summed E-state index contributed by atoms with van der Waals surface area (Å²) in [4.78, 5) is 16.7. The monoisotopic (exact) mass is 261 g/mol. The fourth-order valence-electron chi connectivity index (χ4n) is 1.56. The lowest BCUT2D eigenvalue weighted by Gasteiger charge is -2.14. The number of carbonyl (C=O) groups excluding carboxylic acids is 1. The Morgan fingerprint density at radius 1 is 1.33 bits per heavy atom. The van der Waals surface area contributed by atoms with E-state index in [9.17, 15) is 23.1 Å². The molecule has 0 bridgehead atoms. The van der Waals surface area contributed by atoms with Crippen molar-refractivity contribution in [3.05, 3.63) is 35.4 Å². The molecule has 1 amide bonds. The molecule has 1 aliphatic rings. The number of aliphatic hydroxyl groups is 1. The van der Waals surface area contributed by atoms with Crippen LogP contribution in [0.2, 0.25) is 0 Å². The molecule has 0 saturated carbocycles. The van der Waals surface area contributed by atoms with E-state index in [1.165, 1.54) is 0 Å². The summed E-state index contributed by atoms with van der Waals surface area (Å²) in [6.45, 7) is 0.0201. The number of β-amino-alcohol motifs (C(OH)–C–C–N with tert-alkyl or cyclic N) is 1. The van der Waals surface area contributed by atoms with Gasteiger partial charge in [-0.05, 0) is 24.3 Å². The molecular weight excluding hydrogens is 251 g/mol. The summed E-state index contributed by atoms with van der Waals surface area (Å²) in [6.07, 6.45) is -5.19. The van der Waals surface area contributed by atoms with Crippen LogP contribution in [0.5, 0.6) is 0 Å². The van der Waals surface area contributed by atoms with Crippen LogP contribution in [0.25, 0.3) is 0 Å². The molecule has 1 aromatic rings. The van der Waals surface area contributed by atoms with Crippen molar-refractivity contribution in [1.82, 2.24) is 5.06 Å². The zero-order chi connectivity index (χ0) is 13.3. The Bertz CT molecular complexity index is 444. The number of amides is 1. The quantitative estimate of drug-likeness (QED) is 0.832. The number of nitrogens with zero attached hydrogens (tertiary/aromatic N) is 1. The van der Waals surface area contributed by atoms with Gasteiger partial charge < -0.3 is 5.11 Å². The number of alkyl halides is 3. The van der Waals surface area contributed by atoms with Crippen LogP contribution in [0.1, 0.15) is 15.9 Å². The molecule has 0 spiro atoms. The van der Waals surface area contributed by atoms with E-state index in [0.29, 0.717) is 0 Å². The Hall–Kier alpha value is -1.60. The molecule has 0 radical (unpaired) electrons. The Kier molecular flexibility index (Phi) is 3.27. The normalized spacial score (nSPS) is 20.2. The first kappa shape index (κ1) is 12.8. The van der Waals surface area contributed by atoms with Crippen molar-refractivity contribution in [2.75, 3.05) is 13.2 Å². The van der Waals surface area contributed by atoms with Gasteiger partial charge in [-0.3, -0.25) is 9.63 Å². The fourth-order valence-corrected chi connectivity index (χ4v) is 1.56. The summed E-state index contributed by atoms with van der Waals surface area (Å²) in [5.74, 6) is -0.569. The number of hydrogen-bond donors (Lipinski definition) is 1. The molecule has 0 unspecified atom stereocenters. The van der Waals surface area contributed by atoms with Gasteiger partial charge in [0.15, 0.2) is 0 Å². The smallest absolute Gasteiger partial charge is 0.389 e. The third-order valence-electron chi connectivity index (χ3n) is 2.49. The number of benzene rings is 1. The minimum atomic E-state index is -4.43. The lowest BCUT2D eigenvalue weighted by atomic mass is 10.1. The van der Waals surface area contributed by atoms with Crippen molar-refractivity contribution in [3.8, 4) is 0 Å². The minimum Gasteiger partial charge on any atom is -0.389 e. The van der Waals surface area contributed by atoms with Gasteiger partial charge in [-0.2, -0.15) is 13.2 Å². The first-order valence-corrected chi connectivity index (χ1v) is 5.18. The predicted octanol–water partition coefficient (Wildman–Crippen LogP) is 1.45. The average molecular weight is 261 g/mol. The molecule has 7 heteroatoms. The topological polar surface area (TPSA) is 49.8 Å². The van der Waals surface area contributed by atoms with E-state index in [1.54, 1.807) is 0 Å². The van der Waals surface area contributed by atoms with Gasteiger partial charge in [-0.1, -0.05) is 0 Å². The molecule has 98 valence electrons. The second-order valence-electron chi connectivity index (χ2n) is 3.89. The van der Waals surface area contributed by atoms with Crippen LogP contribution in [0.4, 0.5) is 13.2 Å². The van der Waals surface area contributed by atoms with Gasteiger partial charge in [0.1, 0.15) is 12.7 Å². The average Bonchev–Trinajstić information content (AvgIpc) is 2.74. The number of hydroxylamine groups is 2. The molecule has 1 N–H and O–H groups in total. The van der Waals surface area contributed by atoms with Crippen molar-refractivity contribution in [2.45, 2.75) is 12.3 Å². The molecule has 0 aliphatic carbocycles. The van der Waals surface area contributed by atoms with Gasteiger partial charge in [-0.25, -0.2) is 5.06 Å². The molecule has 1 heterocycles. The fraction of sp³-hybridized carbons (Fsp3) is 0.364. The van der Waals surface area contributed by atoms with Crippen molar-refractivity contribution >= 4 is 5.91 Å². The molecule has 1 aliphatic heterocycles. The van der Waals surface area contributed by atoms with E-state index >= 15 is 0 Å². The van der Waals surface area contributed by atoms with Gasteiger partial charge in [0, 0.05) is 5.56 Å². The zero-order valence-electron chi connectivity index (χ0n) is 9.15. The van der Waals surface area contributed by atoms with Crippen LogP contribution in [-0.4, -0.2) is 35.3 Å². The molecular formula is C11H10F3NO3. The van der Waals surface area contributed by atoms with Crippen LogP contribution >= 0.6 is 0 Å². The van der Waals surface area contributed by atoms with E-state index in [4.69, 9.17) is 4.84 Å². The molecule has 1 saturated heterocycles. The van der Waals surface area contributed by atoms with Crippen molar-refractivity contribution in [1.29, 1.82) is 0 Å². The van der Waals surface area contributed by atoms with Gasteiger partial charge >= 0.3 is 6.18 Å². The minimum absolute atomic E-state index is 0.00632. The standard InChI is InChI=1S/C11H10F3NO3/c12-11(13,14)8-3-1-7(2-4-8)10(17)15-5-9(16)6-18-15/h1-4,9,16H,5-6H2/t9-/m1/s1. The number of rotatable bonds is 1. The zero-order valence-corrected chi connectivity index (χ0v) is 9.15. The SMILES string of the molecule is O=C(c1ccc(C(F)(F)F)cc1)N1C[C@@H](O)CO1. The van der Waals surface area contributed by atoms with Crippen LogP contribution in [-0.2, 0) is 11.0 Å². The maximum Gasteiger partial charge on any atom is 0.416 e. The Morgan fingerprint density at radius 3 is 2.39 bits per heavy atom. The van der Waals surface area contributed by atoms with E-state index in [1.807, 2.05) is 0 Å². The maximum absolute atomic E-state index is 12.3. The summed E-state index contributed by atoms with van der Waals surface area (Å²) in [7, 11) is 0.